The monoisotopic (exact) mass is 410 g/mol. The van der Waals surface area contributed by atoms with E-state index in [4.69, 9.17) is 4.98 Å². The number of fused-ring (bicyclic) bond motifs is 2. The average molecular weight is 410 g/mol. The highest BCUT2D eigenvalue weighted by atomic mass is 15.3. The Morgan fingerprint density at radius 2 is 1.81 bits per heavy atom. The lowest BCUT2D eigenvalue weighted by molar-refractivity contribution is 0.312. The van der Waals surface area contributed by atoms with E-state index in [1.54, 1.807) is 0 Å². The molecular formula is C23H22N8. The van der Waals surface area contributed by atoms with Gasteiger partial charge in [0.2, 0.25) is 0 Å². The van der Waals surface area contributed by atoms with Gasteiger partial charge in [-0.15, -0.1) is 0 Å². The van der Waals surface area contributed by atoms with Gasteiger partial charge in [-0.05, 0) is 37.4 Å². The molecule has 8 heteroatoms. The van der Waals surface area contributed by atoms with Crippen LogP contribution >= 0.6 is 0 Å². The third kappa shape index (κ3) is 3.12. The first kappa shape index (κ1) is 18.0. The summed E-state index contributed by atoms with van der Waals surface area (Å²) in [5.41, 5.74) is 5.60. The summed E-state index contributed by atoms with van der Waals surface area (Å²) in [6.07, 6.45) is 3.65. The van der Waals surface area contributed by atoms with Crippen molar-refractivity contribution in [2.45, 2.75) is 0 Å². The maximum atomic E-state index is 4.93. The molecule has 0 spiro atoms. The Kier molecular flexibility index (Phi) is 4.17. The molecule has 154 valence electrons. The van der Waals surface area contributed by atoms with Gasteiger partial charge in [0.1, 0.15) is 11.2 Å². The fraction of sp³-hybridized carbons (Fsp3) is 0.217. The zero-order valence-corrected chi connectivity index (χ0v) is 17.2. The number of aromatic amines is 2. The van der Waals surface area contributed by atoms with E-state index in [2.05, 4.69) is 54.1 Å². The predicted octanol–water partition coefficient (Wildman–Crippen LogP) is 3.32. The molecule has 31 heavy (non-hydrogen) atoms. The van der Waals surface area contributed by atoms with Crippen molar-refractivity contribution in [3.8, 4) is 22.8 Å². The zero-order valence-electron chi connectivity index (χ0n) is 17.2. The number of nitrogens with one attached hydrogen (secondary N) is 2. The van der Waals surface area contributed by atoms with Crippen molar-refractivity contribution < 1.29 is 0 Å². The molecule has 0 unspecified atom stereocenters. The second kappa shape index (κ2) is 7.17. The van der Waals surface area contributed by atoms with Gasteiger partial charge in [0.25, 0.3) is 0 Å². The van der Waals surface area contributed by atoms with Gasteiger partial charge in [0, 0.05) is 49.5 Å². The number of pyridine rings is 2. The molecule has 0 saturated carbocycles. The van der Waals surface area contributed by atoms with Crippen LogP contribution in [0.5, 0.6) is 0 Å². The van der Waals surface area contributed by atoms with Crippen molar-refractivity contribution in [2.75, 3.05) is 38.1 Å². The van der Waals surface area contributed by atoms with Gasteiger partial charge in [0.15, 0.2) is 11.6 Å². The van der Waals surface area contributed by atoms with Crippen LogP contribution in [-0.2, 0) is 0 Å². The number of aromatic nitrogens is 6. The molecule has 4 aromatic heterocycles. The van der Waals surface area contributed by atoms with Crippen LogP contribution in [0.1, 0.15) is 0 Å². The molecule has 1 aromatic carbocycles. The molecule has 1 aliphatic rings. The number of rotatable bonds is 3. The molecule has 2 N–H and O–H groups in total. The smallest absolute Gasteiger partial charge is 0.159 e. The first-order valence-electron chi connectivity index (χ1n) is 10.4. The molecule has 0 atom stereocenters. The van der Waals surface area contributed by atoms with Crippen molar-refractivity contribution in [3.63, 3.8) is 0 Å². The summed E-state index contributed by atoms with van der Waals surface area (Å²) in [7, 11) is 2.15. The maximum absolute atomic E-state index is 4.93. The van der Waals surface area contributed by atoms with E-state index in [0.29, 0.717) is 0 Å². The third-order valence-electron chi connectivity index (χ3n) is 5.93. The summed E-state index contributed by atoms with van der Waals surface area (Å²) in [5, 5.41) is 8.71. The molecule has 5 aromatic rings. The van der Waals surface area contributed by atoms with Crippen LogP contribution < -0.4 is 4.90 Å². The average Bonchev–Trinajstić information content (AvgIpc) is 3.43. The Labute approximate surface area is 179 Å². The van der Waals surface area contributed by atoms with Gasteiger partial charge in [-0.2, -0.15) is 5.10 Å². The number of hydrogen-bond acceptors (Lipinski definition) is 6. The number of nitrogens with zero attached hydrogens (tertiary/aromatic N) is 6. The SMILES string of the molecule is CN1CCN(c2nccc3[nH]c(-c4n[nH]c5ccc(-c6ccccn6)cc45)nc23)CC1. The number of benzene rings is 1. The third-order valence-corrected chi connectivity index (χ3v) is 5.93. The lowest BCUT2D eigenvalue weighted by Gasteiger charge is -2.33. The van der Waals surface area contributed by atoms with Crippen LogP contribution in [0.4, 0.5) is 5.82 Å². The number of hydrogen-bond donors (Lipinski definition) is 2. The van der Waals surface area contributed by atoms with E-state index >= 15 is 0 Å². The van der Waals surface area contributed by atoms with Gasteiger partial charge in [-0.3, -0.25) is 10.1 Å². The van der Waals surface area contributed by atoms with Gasteiger partial charge in [-0.1, -0.05) is 12.1 Å². The van der Waals surface area contributed by atoms with E-state index in [-0.39, 0.29) is 0 Å². The first-order valence-corrected chi connectivity index (χ1v) is 10.4. The van der Waals surface area contributed by atoms with Crippen LogP contribution in [-0.4, -0.2) is 68.3 Å². The lowest BCUT2D eigenvalue weighted by Crippen LogP contribution is -2.44. The zero-order chi connectivity index (χ0) is 20.8. The summed E-state index contributed by atoms with van der Waals surface area (Å²) >= 11 is 0. The molecule has 5 heterocycles. The van der Waals surface area contributed by atoms with Crippen molar-refractivity contribution in [1.29, 1.82) is 0 Å². The largest absolute Gasteiger partial charge is 0.352 e. The topological polar surface area (TPSA) is 89.6 Å². The predicted molar refractivity (Wildman–Crippen MR) is 122 cm³/mol. The molecule has 1 fully saturated rings. The molecule has 6 rings (SSSR count). The van der Waals surface area contributed by atoms with Crippen LogP contribution in [0, 0.1) is 0 Å². The Bertz CT molecular complexity index is 1360. The first-order chi connectivity index (χ1) is 15.3. The molecule has 1 saturated heterocycles. The van der Waals surface area contributed by atoms with Crippen molar-refractivity contribution in [3.05, 3.63) is 54.9 Å². The van der Waals surface area contributed by atoms with Gasteiger partial charge in [0.05, 0.1) is 16.7 Å². The second-order valence-corrected chi connectivity index (χ2v) is 7.95. The minimum Gasteiger partial charge on any atom is -0.352 e. The van der Waals surface area contributed by atoms with Crippen molar-refractivity contribution >= 4 is 27.8 Å². The highest BCUT2D eigenvalue weighted by molar-refractivity contribution is 5.96. The lowest BCUT2D eigenvalue weighted by atomic mass is 10.1. The van der Waals surface area contributed by atoms with Crippen LogP contribution in [0.3, 0.4) is 0 Å². The fourth-order valence-corrected chi connectivity index (χ4v) is 4.17. The highest BCUT2D eigenvalue weighted by Gasteiger charge is 2.21. The highest BCUT2D eigenvalue weighted by Crippen LogP contribution is 2.31. The number of anilines is 1. The molecule has 1 aliphatic heterocycles. The Hall–Kier alpha value is -3.78. The van der Waals surface area contributed by atoms with Crippen molar-refractivity contribution in [1.82, 2.24) is 35.0 Å². The van der Waals surface area contributed by atoms with E-state index < -0.39 is 0 Å². The minimum atomic E-state index is 0.739. The second-order valence-electron chi connectivity index (χ2n) is 7.95. The minimum absolute atomic E-state index is 0.739. The van der Waals surface area contributed by atoms with Gasteiger partial charge in [-0.25, -0.2) is 9.97 Å². The van der Waals surface area contributed by atoms with E-state index in [9.17, 15) is 0 Å². The molecule has 0 bridgehead atoms. The Morgan fingerprint density at radius 1 is 0.903 bits per heavy atom. The number of H-pyrrole nitrogens is 2. The van der Waals surface area contributed by atoms with E-state index in [1.165, 1.54) is 0 Å². The summed E-state index contributed by atoms with van der Waals surface area (Å²) in [5.74, 6) is 1.67. The summed E-state index contributed by atoms with van der Waals surface area (Å²) in [6.45, 7) is 3.94. The Balaban J connectivity index is 1.44. The standard InChI is InChI=1S/C23H22N8/c1-30-10-12-31(13-11-30)23-21-19(7-9-25-23)26-22(27-21)20-16-14-15(5-6-18(16)28-29-20)17-4-2-3-8-24-17/h2-9,14H,10-13H2,1H3,(H,26,27)(H,28,29). The van der Waals surface area contributed by atoms with Crippen LogP contribution in [0.25, 0.3) is 44.7 Å². The maximum Gasteiger partial charge on any atom is 0.159 e. The number of piperazine rings is 1. The Morgan fingerprint density at radius 3 is 2.65 bits per heavy atom. The molecular weight excluding hydrogens is 388 g/mol. The van der Waals surface area contributed by atoms with Crippen molar-refractivity contribution in [2.24, 2.45) is 0 Å². The van der Waals surface area contributed by atoms with Crippen LogP contribution in [0.2, 0.25) is 0 Å². The number of imidazole rings is 1. The molecule has 0 radical (unpaired) electrons. The van der Waals surface area contributed by atoms with Gasteiger partial charge >= 0.3 is 0 Å². The van der Waals surface area contributed by atoms with E-state index in [1.807, 2.05) is 42.7 Å². The molecule has 8 nitrogen and oxygen atoms in total. The quantitative estimate of drug-likeness (QED) is 0.474. The molecule has 0 aliphatic carbocycles. The summed E-state index contributed by atoms with van der Waals surface area (Å²) < 4.78 is 0. The van der Waals surface area contributed by atoms with Gasteiger partial charge < -0.3 is 14.8 Å². The summed E-state index contributed by atoms with van der Waals surface area (Å²) in [4.78, 5) is 22.2. The fourth-order valence-electron chi connectivity index (χ4n) is 4.17. The van der Waals surface area contributed by atoms with Crippen LogP contribution in [0.15, 0.2) is 54.9 Å². The van der Waals surface area contributed by atoms with E-state index in [0.717, 1.165) is 76.7 Å². The molecule has 0 amide bonds. The normalized spacial score (nSPS) is 15.2. The summed E-state index contributed by atoms with van der Waals surface area (Å²) in [6, 6.07) is 14.1. The number of likely N-dealkylation sites (N-methyl/N-ethyl adjacent to an activating group) is 1.